The van der Waals surface area contributed by atoms with Crippen LogP contribution < -0.4 is 19.7 Å². The van der Waals surface area contributed by atoms with Crippen LogP contribution in [0.25, 0.3) is 0 Å². The number of rotatable bonds is 12. The summed E-state index contributed by atoms with van der Waals surface area (Å²) in [5.41, 5.74) is 5.86. The molecular weight excluding hydrogens is 614 g/mol. The van der Waals surface area contributed by atoms with Gasteiger partial charge in [0.15, 0.2) is 16.7 Å². The number of hydrogen-bond donors (Lipinski definition) is 1. The van der Waals surface area contributed by atoms with E-state index in [4.69, 9.17) is 14.2 Å². The summed E-state index contributed by atoms with van der Waals surface area (Å²) in [6.45, 7) is 9.00. The predicted molar refractivity (Wildman–Crippen MR) is 184 cm³/mol. The van der Waals surface area contributed by atoms with E-state index in [1.54, 1.807) is 37.3 Å². The molecule has 2 heterocycles. The van der Waals surface area contributed by atoms with Gasteiger partial charge in [0, 0.05) is 42.4 Å². The maximum absolute atomic E-state index is 14.4. The molecule has 1 aliphatic heterocycles. The fourth-order valence-electron chi connectivity index (χ4n) is 5.55. The molecule has 10 nitrogen and oxygen atoms in total. The molecule has 0 spiro atoms. The minimum absolute atomic E-state index is 0.0418. The van der Waals surface area contributed by atoms with Crippen molar-refractivity contribution in [2.75, 3.05) is 56.5 Å². The lowest BCUT2D eigenvalue weighted by molar-refractivity contribution is -0.137. The Morgan fingerprint density at radius 1 is 0.915 bits per heavy atom. The van der Waals surface area contributed by atoms with Crippen molar-refractivity contribution in [1.82, 2.24) is 14.9 Å². The molecule has 0 aliphatic carbocycles. The molecule has 1 unspecified atom stereocenters. The van der Waals surface area contributed by atoms with E-state index in [1.165, 1.54) is 11.8 Å². The van der Waals surface area contributed by atoms with E-state index < -0.39 is 6.04 Å². The lowest BCUT2D eigenvalue weighted by atomic mass is 10.0. The van der Waals surface area contributed by atoms with Crippen molar-refractivity contribution in [2.45, 2.75) is 38.5 Å². The zero-order chi connectivity index (χ0) is 33.3. The summed E-state index contributed by atoms with van der Waals surface area (Å²) in [4.78, 5) is 41.5. The second kappa shape index (κ2) is 15.8. The zero-order valence-electron chi connectivity index (χ0n) is 27.5. The normalized spacial score (nSPS) is 13.5. The van der Waals surface area contributed by atoms with Gasteiger partial charge in [-0.2, -0.15) is 0 Å². The summed E-state index contributed by atoms with van der Waals surface area (Å²) in [6.07, 6.45) is 0. The third-order valence-electron chi connectivity index (χ3n) is 8.00. The third-order valence-corrected chi connectivity index (χ3v) is 8.84. The standard InChI is InChI=1S/C36H41N5O5S/c1-24-8-6-7-9-28(24)22-41(33(42)23-47-36-37-25(2)20-26(3)38-36)34(27-10-15-31(44-4)32(21-27)45-5)35(43)39-29-11-13-30(14-12-29)40-16-18-46-19-17-40/h6-15,20-21,34H,16-19,22-23H2,1-5H3,(H,39,43). The smallest absolute Gasteiger partial charge is 0.251 e. The van der Waals surface area contributed by atoms with Crippen LogP contribution in [0, 0.1) is 20.8 Å². The minimum Gasteiger partial charge on any atom is -0.493 e. The second-order valence-electron chi connectivity index (χ2n) is 11.3. The Balaban J connectivity index is 1.50. The number of thioether (sulfide) groups is 1. The first kappa shape index (κ1) is 33.7. The maximum Gasteiger partial charge on any atom is 0.251 e. The lowest BCUT2D eigenvalue weighted by Gasteiger charge is -2.32. The van der Waals surface area contributed by atoms with Crippen LogP contribution in [0.2, 0.25) is 0 Å². The maximum atomic E-state index is 14.4. The fourth-order valence-corrected chi connectivity index (χ4v) is 6.38. The van der Waals surface area contributed by atoms with Crippen molar-refractivity contribution < 1.29 is 23.8 Å². The number of morpholine rings is 1. The predicted octanol–water partition coefficient (Wildman–Crippen LogP) is 5.76. The second-order valence-corrected chi connectivity index (χ2v) is 12.3. The molecule has 0 saturated carbocycles. The monoisotopic (exact) mass is 655 g/mol. The highest BCUT2D eigenvalue weighted by molar-refractivity contribution is 7.99. The highest BCUT2D eigenvalue weighted by Crippen LogP contribution is 2.34. The molecule has 1 saturated heterocycles. The topological polar surface area (TPSA) is 106 Å². The average Bonchev–Trinajstić information content (AvgIpc) is 3.08. The van der Waals surface area contributed by atoms with Crippen LogP contribution in [0.15, 0.2) is 78.0 Å². The summed E-state index contributed by atoms with van der Waals surface area (Å²) in [5.74, 6) is 0.428. The van der Waals surface area contributed by atoms with Gasteiger partial charge in [0.05, 0.1) is 33.2 Å². The Morgan fingerprint density at radius 2 is 1.60 bits per heavy atom. The summed E-state index contributed by atoms with van der Waals surface area (Å²) in [7, 11) is 3.10. The number of benzene rings is 3. The Labute approximate surface area is 280 Å². The number of anilines is 2. The summed E-state index contributed by atoms with van der Waals surface area (Å²) in [5, 5.41) is 3.59. The molecule has 1 N–H and O–H groups in total. The Bertz CT molecular complexity index is 1670. The third kappa shape index (κ3) is 8.60. The molecule has 0 radical (unpaired) electrons. The number of amides is 2. The molecule has 11 heteroatoms. The molecule has 47 heavy (non-hydrogen) atoms. The molecule has 0 bridgehead atoms. The van der Waals surface area contributed by atoms with Crippen LogP contribution in [-0.2, 0) is 20.9 Å². The number of aromatic nitrogens is 2. The SMILES string of the molecule is COc1ccc(C(C(=O)Nc2ccc(N3CCOCC3)cc2)N(Cc2ccccc2C)C(=O)CSc2nc(C)cc(C)n2)cc1OC. The number of nitrogens with zero attached hydrogens (tertiary/aromatic N) is 4. The van der Waals surface area contributed by atoms with Gasteiger partial charge in [-0.05, 0) is 79.9 Å². The minimum atomic E-state index is -0.999. The number of nitrogens with one attached hydrogen (secondary N) is 1. The highest BCUT2D eigenvalue weighted by Gasteiger charge is 2.33. The van der Waals surface area contributed by atoms with Crippen molar-refractivity contribution >= 4 is 35.0 Å². The molecule has 1 aromatic heterocycles. The van der Waals surface area contributed by atoms with E-state index >= 15 is 0 Å². The van der Waals surface area contributed by atoms with E-state index in [0.717, 1.165) is 41.3 Å². The molecule has 1 fully saturated rings. The number of aryl methyl sites for hydroxylation is 3. The number of methoxy groups -OCH3 is 2. The molecule has 5 rings (SSSR count). The van der Waals surface area contributed by atoms with Crippen LogP contribution in [-0.4, -0.2) is 73.0 Å². The summed E-state index contributed by atoms with van der Waals surface area (Å²) < 4.78 is 16.6. The van der Waals surface area contributed by atoms with Gasteiger partial charge < -0.3 is 29.3 Å². The Morgan fingerprint density at radius 3 is 2.26 bits per heavy atom. The van der Waals surface area contributed by atoms with Crippen LogP contribution in [0.5, 0.6) is 11.5 Å². The molecule has 1 atom stereocenters. The quantitative estimate of drug-likeness (QED) is 0.151. The first-order chi connectivity index (χ1) is 22.7. The summed E-state index contributed by atoms with van der Waals surface area (Å²) in [6, 6.07) is 21.8. The van der Waals surface area contributed by atoms with E-state index in [9.17, 15) is 9.59 Å². The molecule has 246 valence electrons. The van der Waals surface area contributed by atoms with Gasteiger partial charge in [-0.15, -0.1) is 0 Å². The lowest BCUT2D eigenvalue weighted by Crippen LogP contribution is -2.42. The van der Waals surface area contributed by atoms with Crippen LogP contribution in [0.3, 0.4) is 0 Å². The molecule has 2 amide bonds. The van der Waals surface area contributed by atoms with Gasteiger partial charge in [-0.3, -0.25) is 9.59 Å². The van der Waals surface area contributed by atoms with Gasteiger partial charge in [0.1, 0.15) is 6.04 Å². The van der Waals surface area contributed by atoms with Gasteiger partial charge in [0.25, 0.3) is 5.91 Å². The summed E-state index contributed by atoms with van der Waals surface area (Å²) >= 11 is 1.25. The Hall–Kier alpha value is -4.61. The average molecular weight is 656 g/mol. The fraction of sp³-hybridized carbons (Fsp3) is 0.333. The van der Waals surface area contributed by atoms with Crippen LogP contribution >= 0.6 is 11.8 Å². The molecular formula is C36H41N5O5S. The van der Waals surface area contributed by atoms with Gasteiger partial charge in [-0.1, -0.05) is 42.1 Å². The number of hydrogen-bond acceptors (Lipinski definition) is 9. The molecule has 4 aromatic rings. The molecule has 3 aromatic carbocycles. The number of carbonyl (C=O) groups excluding carboxylic acids is 2. The first-order valence-corrected chi connectivity index (χ1v) is 16.5. The first-order valence-electron chi connectivity index (χ1n) is 15.5. The van der Waals surface area contributed by atoms with Gasteiger partial charge in [0.2, 0.25) is 5.91 Å². The largest absolute Gasteiger partial charge is 0.493 e. The van der Waals surface area contributed by atoms with Gasteiger partial charge >= 0.3 is 0 Å². The van der Waals surface area contributed by atoms with Crippen molar-refractivity contribution in [3.63, 3.8) is 0 Å². The zero-order valence-corrected chi connectivity index (χ0v) is 28.3. The van der Waals surface area contributed by atoms with Crippen molar-refractivity contribution in [3.05, 3.63) is 101 Å². The molecule has 1 aliphatic rings. The van der Waals surface area contributed by atoms with E-state index in [0.29, 0.717) is 41.1 Å². The van der Waals surface area contributed by atoms with Gasteiger partial charge in [-0.25, -0.2) is 9.97 Å². The van der Waals surface area contributed by atoms with Crippen LogP contribution in [0.4, 0.5) is 11.4 Å². The van der Waals surface area contributed by atoms with Crippen molar-refractivity contribution in [2.24, 2.45) is 0 Å². The number of carbonyl (C=O) groups is 2. The van der Waals surface area contributed by atoms with Crippen molar-refractivity contribution in [3.8, 4) is 11.5 Å². The van der Waals surface area contributed by atoms with Crippen LogP contribution in [0.1, 0.15) is 34.1 Å². The van der Waals surface area contributed by atoms with E-state index in [1.807, 2.05) is 75.4 Å². The van der Waals surface area contributed by atoms with E-state index in [-0.39, 0.29) is 24.1 Å². The Kier molecular flexibility index (Phi) is 11.3. The number of ether oxygens (including phenoxy) is 3. The van der Waals surface area contributed by atoms with Crippen molar-refractivity contribution in [1.29, 1.82) is 0 Å². The highest BCUT2D eigenvalue weighted by atomic mass is 32.2. The van der Waals surface area contributed by atoms with E-state index in [2.05, 4.69) is 20.2 Å².